The maximum Gasteiger partial charge on any atom is 0.239 e. The van der Waals surface area contributed by atoms with Crippen LogP contribution in [0, 0.1) is 5.92 Å². The van der Waals surface area contributed by atoms with E-state index in [-0.39, 0.29) is 17.7 Å². The summed E-state index contributed by atoms with van der Waals surface area (Å²) in [4.78, 5) is 11.8. The number of furan rings is 1. The van der Waals surface area contributed by atoms with Crippen molar-refractivity contribution >= 4 is 15.9 Å². The minimum absolute atomic E-state index is 0.0340. The Kier molecular flexibility index (Phi) is 2.53. The van der Waals surface area contributed by atoms with Crippen LogP contribution in [0.15, 0.2) is 22.8 Å². The molecule has 88 valence electrons. The summed E-state index contributed by atoms with van der Waals surface area (Å²) in [5.41, 5.74) is 0. The van der Waals surface area contributed by atoms with Gasteiger partial charge >= 0.3 is 0 Å². The molecule has 2 rings (SSSR count). The van der Waals surface area contributed by atoms with Crippen LogP contribution in [0.25, 0.3) is 0 Å². The van der Waals surface area contributed by atoms with E-state index in [1.807, 2.05) is 0 Å². The third kappa shape index (κ3) is 1.97. The Bertz CT molecular complexity index is 491. The number of sulfonamides is 1. The average molecular weight is 243 g/mol. The number of amides is 1. The summed E-state index contributed by atoms with van der Waals surface area (Å²) in [5.74, 6) is 0.168. The van der Waals surface area contributed by atoms with Crippen molar-refractivity contribution in [2.24, 2.45) is 5.92 Å². The van der Waals surface area contributed by atoms with Crippen LogP contribution in [-0.4, -0.2) is 31.9 Å². The van der Waals surface area contributed by atoms with Crippen molar-refractivity contribution in [3.05, 3.63) is 24.2 Å². The van der Waals surface area contributed by atoms with Gasteiger partial charge in [0.05, 0.1) is 12.5 Å². The molecule has 0 bridgehead atoms. The number of carbonyl (C=O) groups excluding carboxylic acids is 1. The molecule has 1 amide bonds. The molecule has 0 unspecified atom stereocenters. The molecule has 1 aliphatic rings. The zero-order valence-electron chi connectivity index (χ0n) is 9.08. The predicted molar refractivity (Wildman–Crippen MR) is 57.2 cm³/mol. The standard InChI is InChI=1S/C10H13NO4S/c1-11(16(2,13)14)10(12)8-6-7(8)9-4-3-5-15-9/h3-5,7-8H,6H2,1-2H3/t7-,8+/m0/s1. The molecular formula is C10H13NO4S. The van der Waals surface area contributed by atoms with Gasteiger partial charge in [-0.25, -0.2) is 12.7 Å². The van der Waals surface area contributed by atoms with Crippen LogP contribution in [0.1, 0.15) is 18.1 Å². The second-order valence-corrected chi connectivity index (χ2v) is 6.05. The monoisotopic (exact) mass is 243 g/mol. The van der Waals surface area contributed by atoms with Crippen molar-refractivity contribution in [3.8, 4) is 0 Å². The molecule has 1 aromatic rings. The molecule has 1 saturated carbocycles. The van der Waals surface area contributed by atoms with E-state index >= 15 is 0 Å². The van der Waals surface area contributed by atoms with Gasteiger partial charge in [-0.2, -0.15) is 0 Å². The molecule has 0 spiro atoms. The smallest absolute Gasteiger partial charge is 0.239 e. The number of hydrogen-bond acceptors (Lipinski definition) is 4. The summed E-state index contributed by atoms with van der Waals surface area (Å²) in [6.07, 6.45) is 3.23. The van der Waals surface area contributed by atoms with Crippen LogP contribution in [0.5, 0.6) is 0 Å². The molecular weight excluding hydrogens is 230 g/mol. The fourth-order valence-corrected chi connectivity index (χ4v) is 2.14. The molecule has 5 nitrogen and oxygen atoms in total. The first kappa shape index (κ1) is 11.2. The van der Waals surface area contributed by atoms with Crippen LogP contribution in [0.3, 0.4) is 0 Å². The van der Waals surface area contributed by atoms with Gasteiger partial charge in [0.25, 0.3) is 0 Å². The summed E-state index contributed by atoms with van der Waals surface area (Å²) in [5, 5.41) is 0. The molecule has 1 heterocycles. The minimum Gasteiger partial charge on any atom is -0.469 e. The lowest BCUT2D eigenvalue weighted by molar-refractivity contribution is -0.127. The molecule has 16 heavy (non-hydrogen) atoms. The van der Waals surface area contributed by atoms with Crippen LogP contribution < -0.4 is 0 Å². The zero-order chi connectivity index (χ0) is 11.9. The molecule has 1 fully saturated rings. The normalized spacial score (nSPS) is 24.1. The van der Waals surface area contributed by atoms with Crippen molar-refractivity contribution < 1.29 is 17.6 Å². The van der Waals surface area contributed by atoms with Crippen molar-refractivity contribution in [1.29, 1.82) is 0 Å². The van der Waals surface area contributed by atoms with E-state index in [2.05, 4.69) is 0 Å². The highest BCUT2D eigenvalue weighted by molar-refractivity contribution is 7.88. The van der Waals surface area contributed by atoms with Gasteiger partial charge < -0.3 is 4.42 Å². The van der Waals surface area contributed by atoms with E-state index in [9.17, 15) is 13.2 Å². The van der Waals surface area contributed by atoms with Gasteiger partial charge in [-0.3, -0.25) is 4.79 Å². The fraction of sp³-hybridized carbons (Fsp3) is 0.500. The molecule has 0 aliphatic heterocycles. The van der Waals surface area contributed by atoms with E-state index in [4.69, 9.17) is 4.42 Å². The third-order valence-corrected chi connectivity index (χ3v) is 4.00. The van der Waals surface area contributed by atoms with Gasteiger partial charge in [0.2, 0.25) is 15.9 Å². The maximum atomic E-state index is 11.8. The number of carbonyl (C=O) groups is 1. The predicted octanol–water partition coefficient (Wildman–Crippen LogP) is 0.801. The maximum absolute atomic E-state index is 11.8. The van der Waals surface area contributed by atoms with E-state index in [0.29, 0.717) is 6.42 Å². The quantitative estimate of drug-likeness (QED) is 0.787. The first-order chi connectivity index (χ1) is 7.41. The highest BCUT2D eigenvalue weighted by atomic mass is 32.2. The summed E-state index contributed by atoms with van der Waals surface area (Å²) in [6.45, 7) is 0. The summed E-state index contributed by atoms with van der Waals surface area (Å²) in [7, 11) is -2.16. The van der Waals surface area contributed by atoms with Crippen molar-refractivity contribution in [3.63, 3.8) is 0 Å². The molecule has 0 N–H and O–H groups in total. The van der Waals surface area contributed by atoms with E-state index in [1.54, 1.807) is 18.4 Å². The molecule has 1 aliphatic carbocycles. The van der Waals surface area contributed by atoms with Crippen LogP contribution in [0.4, 0.5) is 0 Å². The Morgan fingerprint density at radius 2 is 2.25 bits per heavy atom. The molecule has 2 atom stereocenters. The SMILES string of the molecule is CN(C(=O)[C@@H]1C[C@@H]1c1ccco1)S(C)(=O)=O. The van der Waals surface area contributed by atoms with E-state index in [0.717, 1.165) is 16.3 Å². The van der Waals surface area contributed by atoms with E-state index < -0.39 is 10.0 Å². The third-order valence-electron chi connectivity index (χ3n) is 2.82. The van der Waals surface area contributed by atoms with Gasteiger partial charge in [0.1, 0.15) is 5.76 Å². The van der Waals surface area contributed by atoms with Gasteiger partial charge in [0.15, 0.2) is 0 Å². The average Bonchev–Trinajstić information content (AvgIpc) is 2.81. The summed E-state index contributed by atoms with van der Waals surface area (Å²) >= 11 is 0. The number of rotatable bonds is 3. The largest absolute Gasteiger partial charge is 0.469 e. The molecule has 6 heteroatoms. The first-order valence-corrected chi connectivity index (χ1v) is 6.77. The van der Waals surface area contributed by atoms with Crippen molar-refractivity contribution in [2.75, 3.05) is 13.3 Å². The lowest BCUT2D eigenvalue weighted by Gasteiger charge is -2.13. The molecule has 0 radical (unpaired) electrons. The van der Waals surface area contributed by atoms with Gasteiger partial charge in [0, 0.05) is 18.9 Å². The molecule has 0 saturated heterocycles. The Morgan fingerprint density at radius 1 is 1.56 bits per heavy atom. The highest BCUT2D eigenvalue weighted by Gasteiger charge is 2.48. The molecule has 0 aromatic carbocycles. The summed E-state index contributed by atoms with van der Waals surface area (Å²) < 4.78 is 28.3. The van der Waals surface area contributed by atoms with Crippen molar-refractivity contribution in [1.82, 2.24) is 4.31 Å². The second kappa shape index (κ2) is 3.62. The van der Waals surface area contributed by atoms with E-state index in [1.165, 1.54) is 7.05 Å². The summed E-state index contributed by atoms with van der Waals surface area (Å²) in [6, 6.07) is 3.56. The lowest BCUT2D eigenvalue weighted by Crippen LogP contribution is -2.33. The highest BCUT2D eigenvalue weighted by Crippen LogP contribution is 2.48. The Balaban J connectivity index is 2.05. The van der Waals surface area contributed by atoms with Crippen LogP contribution in [0.2, 0.25) is 0 Å². The fourth-order valence-electron chi connectivity index (χ4n) is 1.68. The topological polar surface area (TPSA) is 67.6 Å². The Labute approximate surface area is 94.1 Å². The van der Waals surface area contributed by atoms with Gasteiger partial charge in [-0.1, -0.05) is 0 Å². The number of hydrogen-bond donors (Lipinski definition) is 0. The van der Waals surface area contributed by atoms with Gasteiger partial charge in [-0.15, -0.1) is 0 Å². The van der Waals surface area contributed by atoms with Gasteiger partial charge in [-0.05, 0) is 18.6 Å². The lowest BCUT2D eigenvalue weighted by atomic mass is 10.2. The van der Waals surface area contributed by atoms with Crippen molar-refractivity contribution in [2.45, 2.75) is 12.3 Å². The Morgan fingerprint density at radius 3 is 2.75 bits per heavy atom. The second-order valence-electron chi connectivity index (χ2n) is 4.03. The first-order valence-electron chi connectivity index (χ1n) is 4.92. The number of nitrogens with zero attached hydrogens (tertiary/aromatic N) is 1. The van der Waals surface area contributed by atoms with Crippen LogP contribution >= 0.6 is 0 Å². The zero-order valence-corrected chi connectivity index (χ0v) is 9.90. The molecule has 1 aromatic heterocycles. The minimum atomic E-state index is -3.45. The Hall–Kier alpha value is -1.30. The van der Waals surface area contributed by atoms with Crippen LogP contribution in [-0.2, 0) is 14.8 Å².